The van der Waals surface area contributed by atoms with Gasteiger partial charge in [0.05, 0.1) is 5.54 Å². The molecule has 1 aromatic rings. The summed E-state index contributed by atoms with van der Waals surface area (Å²) in [5, 5.41) is 0. The highest BCUT2D eigenvalue weighted by molar-refractivity contribution is 5.37. The second-order valence-electron chi connectivity index (χ2n) is 7.16. The van der Waals surface area contributed by atoms with Crippen molar-refractivity contribution in [2.24, 2.45) is 11.7 Å². The standard InChI is InChI=1S/C18H29N3/c1-14-11-21(12-17(14)20(2)3)18(13-19)10-6-8-15-7-4-5-9-16(15)18/h4-5,7,9,14,17H,6,8,10-13,19H2,1-3H3. The van der Waals surface area contributed by atoms with Crippen LogP contribution >= 0.6 is 0 Å². The Morgan fingerprint density at radius 3 is 2.71 bits per heavy atom. The molecule has 0 spiro atoms. The molecule has 3 unspecified atom stereocenters. The molecule has 3 nitrogen and oxygen atoms in total. The molecule has 1 saturated heterocycles. The van der Waals surface area contributed by atoms with Crippen LogP contribution in [0.15, 0.2) is 24.3 Å². The van der Waals surface area contributed by atoms with Crippen molar-refractivity contribution in [3.63, 3.8) is 0 Å². The molecule has 0 radical (unpaired) electrons. The number of benzene rings is 1. The molecule has 2 aliphatic rings. The van der Waals surface area contributed by atoms with Gasteiger partial charge in [0.2, 0.25) is 0 Å². The van der Waals surface area contributed by atoms with Crippen molar-refractivity contribution in [2.75, 3.05) is 33.7 Å². The average molecular weight is 287 g/mol. The van der Waals surface area contributed by atoms with Crippen molar-refractivity contribution in [1.82, 2.24) is 9.80 Å². The molecule has 1 aromatic carbocycles. The number of likely N-dealkylation sites (N-methyl/N-ethyl adjacent to an activating group) is 1. The summed E-state index contributed by atoms with van der Waals surface area (Å²) in [4.78, 5) is 5.06. The molecule has 116 valence electrons. The summed E-state index contributed by atoms with van der Waals surface area (Å²) >= 11 is 0. The minimum atomic E-state index is 0.0634. The number of nitrogens with two attached hydrogens (primary N) is 1. The van der Waals surface area contributed by atoms with Crippen LogP contribution < -0.4 is 5.73 Å². The summed E-state index contributed by atoms with van der Waals surface area (Å²) in [7, 11) is 4.41. The number of hydrogen-bond donors (Lipinski definition) is 1. The van der Waals surface area contributed by atoms with E-state index >= 15 is 0 Å². The Bertz CT molecular complexity index is 499. The van der Waals surface area contributed by atoms with E-state index in [0.717, 1.165) is 19.6 Å². The molecule has 0 bridgehead atoms. The first-order valence-corrected chi connectivity index (χ1v) is 8.28. The van der Waals surface area contributed by atoms with Crippen LogP contribution in [0.5, 0.6) is 0 Å². The predicted octanol–water partition coefficient (Wildman–Crippen LogP) is 2.06. The van der Waals surface area contributed by atoms with Crippen molar-refractivity contribution in [3.8, 4) is 0 Å². The zero-order valence-electron chi connectivity index (χ0n) is 13.7. The van der Waals surface area contributed by atoms with Gasteiger partial charge >= 0.3 is 0 Å². The Morgan fingerprint density at radius 1 is 1.29 bits per heavy atom. The Hall–Kier alpha value is -0.900. The summed E-state index contributed by atoms with van der Waals surface area (Å²) in [5.41, 5.74) is 9.41. The van der Waals surface area contributed by atoms with E-state index in [1.807, 2.05) is 0 Å². The lowest BCUT2D eigenvalue weighted by atomic mass is 9.75. The maximum Gasteiger partial charge on any atom is 0.0587 e. The predicted molar refractivity (Wildman–Crippen MR) is 88.3 cm³/mol. The largest absolute Gasteiger partial charge is 0.328 e. The van der Waals surface area contributed by atoms with Crippen LogP contribution in [0, 0.1) is 5.92 Å². The lowest BCUT2D eigenvalue weighted by Gasteiger charge is -2.45. The molecule has 1 aliphatic carbocycles. The van der Waals surface area contributed by atoms with Gasteiger partial charge in [0.1, 0.15) is 0 Å². The minimum Gasteiger partial charge on any atom is -0.328 e. The zero-order valence-corrected chi connectivity index (χ0v) is 13.7. The van der Waals surface area contributed by atoms with Gasteiger partial charge in [-0.3, -0.25) is 4.90 Å². The van der Waals surface area contributed by atoms with E-state index in [1.165, 1.54) is 30.4 Å². The molecule has 1 heterocycles. The first-order valence-electron chi connectivity index (χ1n) is 8.28. The second-order valence-corrected chi connectivity index (χ2v) is 7.16. The lowest BCUT2D eigenvalue weighted by Crippen LogP contribution is -2.52. The third kappa shape index (κ3) is 2.41. The molecule has 0 saturated carbocycles. The molecule has 3 atom stereocenters. The highest BCUT2D eigenvalue weighted by Crippen LogP contribution is 2.42. The summed E-state index contributed by atoms with van der Waals surface area (Å²) in [6, 6.07) is 9.59. The van der Waals surface area contributed by atoms with Gasteiger partial charge in [-0.05, 0) is 50.4 Å². The van der Waals surface area contributed by atoms with Gasteiger partial charge in [0, 0.05) is 25.7 Å². The number of hydrogen-bond acceptors (Lipinski definition) is 3. The molecule has 0 amide bonds. The Labute approximate surface area is 129 Å². The topological polar surface area (TPSA) is 32.5 Å². The smallest absolute Gasteiger partial charge is 0.0587 e. The monoisotopic (exact) mass is 287 g/mol. The number of rotatable bonds is 3. The quantitative estimate of drug-likeness (QED) is 0.923. The van der Waals surface area contributed by atoms with Crippen molar-refractivity contribution >= 4 is 0 Å². The van der Waals surface area contributed by atoms with Crippen LogP contribution in [0.4, 0.5) is 0 Å². The van der Waals surface area contributed by atoms with Gasteiger partial charge in [-0.15, -0.1) is 0 Å². The normalized spacial score (nSPS) is 33.4. The third-order valence-electron chi connectivity index (χ3n) is 5.73. The molecule has 0 aromatic heterocycles. The lowest BCUT2D eigenvalue weighted by molar-refractivity contribution is 0.0923. The fraction of sp³-hybridized carbons (Fsp3) is 0.667. The van der Waals surface area contributed by atoms with E-state index in [2.05, 4.69) is 55.1 Å². The number of likely N-dealkylation sites (tertiary alicyclic amines) is 1. The second kappa shape index (κ2) is 5.71. The van der Waals surface area contributed by atoms with Crippen LogP contribution in [-0.2, 0) is 12.0 Å². The fourth-order valence-corrected chi connectivity index (χ4v) is 4.54. The van der Waals surface area contributed by atoms with E-state index in [9.17, 15) is 0 Å². The summed E-state index contributed by atoms with van der Waals surface area (Å²) in [6.45, 7) is 5.41. The number of aryl methyl sites for hydroxylation is 1. The number of nitrogens with zero attached hydrogens (tertiary/aromatic N) is 2. The van der Waals surface area contributed by atoms with Crippen molar-refractivity contribution in [1.29, 1.82) is 0 Å². The van der Waals surface area contributed by atoms with E-state index in [1.54, 1.807) is 0 Å². The van der Waals surface area contributed by atoms with E-state index in [-0.39, 0.29) is 5.54 Å². The average Bonchev–Trinajstić information content (AvgIpc) is 2.89. The highest BCUT2D eigenvalue weighted by atomic mass is 15.3. The Balaban J connectivity index is 1.96. The Kier molecular flexibility index (Phi) is 4.08. The van der Waals surface area contributed by atoms with Gasteiger partial charge in [-0.2, -0.15) is 0 Å². The molecular weight excluding hydrogens is 258 g/mol. The van der Waals surface area contributed by atoms with E-state index in [0.29, 0.717) is 12.0 Å². The van der Waals surface area contributed by atoms with Crippen LogP contribution in [0.3, 0.4) is 0 Å². The van der Waals surface area contributed by atoms with E-state index < -0.39 is 0 Å². The van der Waals surface area contributed by atoms with Gasteiger partial charge < -0.3 is 10.6 Å². The maximum atomic E-state index is 6.34. The maximum absolute atomic E-state index is 6.34. The first-order chi connectivity index (χ1) is 10.1. The molecule has 3 rings (SSSR count). The Morgan fingerprint density at radius 2 is 2.05 bits per heavy atom. The van der Waals surface area contributed by atoms with Gasteiger partial charge in [0.25, 0.3) is 0 Å². The van der Waals surface area contributed by atoms with Crippen LogP contribution in [0.25, 0.3) is 0 Å². The van der Waals surface area contributed by atoms with Gasteiger partial charge in [0.15, 0.2) is 0 Å². The van der Waals surface area contributed by atoms with Crippen LogP contribution in [-0.4, -0.2) is 49.6 Å². The molecule has 2 N–H and O–H groups in total. The fourth-order valence-electron chi connectivity index (χ4n) is 4.54. The van der Waals surface area contributed by atoms with Crippen molar-refractivity contribution in [2.45, 2.75) is 37.8 Å². The zero-order chi connectivity index (χ0) is 15.0. The number of fused-ring (bicyclic) bond motifs is 1. The molecule has 3 heteroatoms. The van der Waals surface area contributed by atoms with Crippen LogP contribution in [0.1, 0.15) is 30.9 Å². The molecular formula is C18H29N3. The molecule has 21 heavy (non-hydrogen) atoms. The first kappa shape index (κ1) is 15.0. The van der Waals surface area contributed by atoms with Gasteiger partial charge in [-0.1, -0.05) is 31.2 Å². The van der Waals surface area contributed by atoms with Crippen molar-refractivity contribution in [3.05, 3.63) is 35.4 Å². The van der Waals surface area contributed by atoms with Crippen molar-refractivity contribution < 1.29 is 0 Å². The molecule has 1 fully saturated rings. The van der Waals surface area contributed by atoms with Gasteiger partial charge in [-0.25, -0.2) is 0 Å². The summed E-state index contributed by atoms with van der Waals surface area (Å²) < 4.78 is 0. The molecule has 1 aliphatic heterocycles. The third-order valence-corrected chi connectivity index (χ3v) is 5.73. The highest BCUT2D eigenvalue weighted by Gasteiger charge is 2.45. The van der Waals surface area contributed by atoms with Crippen LogP contribution in [0.2, 0.25) is 0 Å². The SMILES string of the molecule is CC1CN(C2(CN)CCCc3ccccc32)CC1N(C)C. The van der Waals surface area contributed by atoms with E-state index in [4.69, 9.17) is 5.73 Å². The minimum absolute atomic E-state index is 0.0634. The summed E-state index contributed by atoms with van der Waals surface area (Å²) in [5.74, 6) is 0.706. The summed E-state index contributed by atoms with van der Waals surface area (Å²) in [6.07, 6.45) is 3.66.